The van der Waals surface area contributed by atoms with Crippen LogP contribution < -0.4 is 10.1 Å². The highest BCUT2D eigenvalue weighted by Gasteiger charge is 2.36. The van der Waals surface area contributed by atoms with Gasteiger partial charge in [-0.2, -0.15) is 18.2 Å². The predicted molar refractivity (Wildman–Crippen MR) is 139 cm³/mol. The Labute approximate surface area is 224 Å². The van der Waals surface area contributed by atoms with Crippen molar-refractivity contribution >= 4 is 16.9 Å². The molecular formula is C28H31F4N5O2. The number of benzene rings is 1. The van der Waals surface area contributed by atoms with Crippen LogP contribution in [0.5, 0.6) is 5.88 Å². The van der Waals surface area contributed by atoms with E-state index < -0.39 is 23.6 Å². The van der Waals surface area contributed by atoms with Crippen LogP contribution in [0, 0.1) is 5.82 Å². The van der Waals surface area contributed by atoms with Crippen LogP contribution >= 0.6 is 0 Å². The minimum Gasteiger partial charge on any atom is -0.481 e. The van der Waals surface area contributed by atoms with E-state index in [0.29, 0.717) is 28.8 Å². The van der Waals surface area contributed by atoms with Gasteiger partial charge in [0.25, 0.3) is 0 Å². The largest absolute Gasteiger partial charge is 0.481 e. The second-order valence-corrected chi connectivity index (χ2v) is 9.90. The topological polar surface area (TPSA) is 72.4 Å². The number of alkyl halides is 3. The average molecular weight is 546 g/mol. The molecule has 39 heavy (non-hydrogen) atoms. The van der Waals surface area contributed by atoms with Gasteiger partial charge >= 0.3 is 6.18 Å². The van der Waals surface area contributed by atoms with Crippen molar-refractivity contribution in [2.75, 3.05) is 38.7 Å². The van der Waals surface area contributed by atoms with E-state index in [1.165, 1.54) is 24.5 Å². The normalized spacial score (nSPS) is 18.7. The third-order valence-electron chi connectivity index (χ3n) is 7.68. The van der Waals surface area contributed by atoms with Crippen molar-refractivity contribution in [1.29, 1.82) is 0 Å². The van der Waals surface area contributed by atoms with E-state index in [1.54, 1.807) is 7.11 Å². The minimum atomic E-state index is -4.82. The Morgan fingerprint density at radius 1 is 1.15 bits per heavy atom. The van der Waals surface area contributed by atoms with Crippen LogP contribution in [0.4, 0.5) is 23.4 Å². The number of methoxy groups -OCH3 is 1. The van der Waals surface area contributed by atoms with Gasteiger partial charge in [-0.15, -0.1) is 6.58 Å². The number of nitrogens with zero attached hydrogens (tertiary/aromatic N) is 4. The van der Waals surface area contributed by atoms with E-state index in [0.717, 1.165) is 63.6 Å². The molecule has 11 heteroatoms. The van der Waals surface area contributed by atoms with Gasteiger partial charge in [0.15, 0.2) is 5.65 Å². The summed E-state index contributed by atoms with van der Waals surface area (Å²) in [6, 6.07) is 4.70. The van der Waals surface area contributed by atoms with Crippen LogP contribution in [-0.4, -0.2) is 59.3 Å². The quantitative estimate of drug-likeness (QED) is 0.293. The molecule has 1 atom stereocenters. The number of halogens is 4. The summed E-state index contributed by atoms with van der Waals surface area (Å²) in [6.07, 6.45) is 1.79. The van der Waals surface area contributed by atoms with Crippen LogP contribution in [0.1, 0.15) is 54.3 Å². The van der Waals surface area contributed by atoms with Crippen molar-refractivity contribution in [2.45, 2.75) is 49.9 Å². The molecule has 0 saturated carbocycles. The SMILES string of the molecule is C=C[C@@H](Nc1ncnc2nc(OC)c(C3CCN(C4CCOCC4)CC3)cc12)c1cccc(C(F)(F)F)c1F. The molecule has 208 valence electrons. The molecule has 0 amide bonds. The summed E-state index contributed by atoms with van der Waals surface area (Å²) in [5.74, 6) is -0.340. The molecule has 4 heterocycles. The minimum absolute atomic E-state index is 0.186. The summed E-state index contributed by atoms with van der Waals surface area (Å²) in [7, 11) is 1.57. The zero-order valence-electron chi connectivity index (χ0n) is 21.7. The lowest BCUT2D eigenvalue weighted by Crippen LogP contribution is -2.43. The van der Waals surface area contributed by atoms with Crippen molar-refractivity contribution in [1.82, 2.24) is 19.9 Å². The summed E-state index contributed by atoms with van der Waals surface area (Å²) in [5, 5.41) is 3.62. The molecule has 2 aliphatic rings. The monoisotopic (exact) mass is 545 g/mol. The lowest BCUT2D eigenvalue weighted by molar-refractivity contribution is -0.140. The van der Waals surface area contributed by atoms with E-state index in [4.69, 9.17) is 9.47 Å². The maximum atomic E-state index is 14.9. The first-order valence-electron chi connectivity index (χ1n) is 13.1. The molecule has 1 N–H and O–H groups in total. The lowest BCUT2D eigenvalue weighted by Gasteiger charge is -2.39. The van der Waals surface area contributed by atoms with Crippen LogP contribution in [0.15, 0.2) is 43.2 Å². The van der Waals surface area contributed by atoms with Crippen LogP contribution in [-0.2, 0) is 10.9 Å². The van der Waals surface area contributed by atoms with Gasteiger partial charge < -0.3 is 19.7 Å². The van der Waals surface area contributed by atoms with Crippen LogP contribution in [0.25, 0.3) is 11.0 Å². The Morgan fingerprint density at radius 3 is 2.56 bits per heavy atom. The highest BCUT2D eigenvalue weighted by Crippen LogP contribution is 2.38. The molecule has 0 bridgehead atoms. The zero-order valence-corrected chi connectivity index (χ0v) is 21.7. The molecule has 2 saturated heterocycles. The van der Waals surface area contributed by atoms with Gasteiger partial charge in [0.05, 0.1) is 24.1 Å². The third kappa shape index (κ3) is 5.69. The van der Waals surface area contributed by atoms with Gasteiger partial charge in [0.1, 0.15) is 18.0 Å². The number of ether oxygens (including phenoxy) is 2. The number of likely N-dealkylation sites (tertiary alicyclic amines) is 1. The fourth-order valence-corrected chi connectivity index (χ4v) is 5.60. The molecule has 2 aromatic heterocycles. The Kier molecular flexibility index (Phi) is 7.99. The molecule has 3 aromatic rings. The Morgan fingerprint density at radius 2 is 1.90 bits per heavy atom. The number of fused-ring (bicyclic) bond motifs is 1. The number of piperidine rings is 1. The fraction of sp³-hybridized carbons (Fsp3) is 0.464. The molecule has 0 spiro atoms. The zero-order chi connectivity index (χ0) is 27.6. The number of hydrogen-bond donors (Lipinski definition) is 1. The van der Waals surface area contributed by atoms with Crippen molar-refractivity contribution in [2.24, 2.45) is 0 Å². The van der Waals surface area contributed by atoms with Gasteiger partial charge in [-0.1, -0.05) is 18.2 Å². The molecule has 1 aromatic carbocycles. The van der Waals surface area contributed by atoms with E-state index in [1.807, 2.05) is 6.07 Å². The third-order valence-corrected chi connectivity index (χ3v) is 7.68. The van der Waals surface area contributed by atoms with E-state index in [2.05, 4.69) is 31.7 Å². The van der Waals surface area contributed by atoms with Gasteiger partial charge in [0.2, 0.25) is 5.88 Å². The number of anilines is 1. The first-order valence-corrected chi connectivity index (χ1v) is 13.1. The van der Waals surface area contributed by atoms with Crippen molar-refractivity contribution in [3.05, 3.63) is 65.8 Å². The summed E-state index contributed by atoms with van der Waals surface area (Å²) in [6.45, 7) is 7.23. The van der Waals surface area contributed by atoms with Crippen LogP contribution in [0.3, 0.4) is 0 Å². The summed E-state index contributed by atoms with van der Waals surface area (Å²) in [5.41, 5.74) is -0.231. The van der Waals surface area contributed by atoms with Crippen molar-refractivity contribution in [3.8, 4) is 5.88 Å². The van der Waals surface area contributed by atoms with Crippen molar-refractivity contribution < 1.29 is 27.0 Å². The smallest absolute Gasteiger partial charge is 0.419 e. The first-order chi connectivity index (χ1) is 18.8. The van der Waals surface area contributed by atoms with Gasteiger partial charge in [-0.25, -0.2) is 14.4 Å². The van der Waals surface area contributed by atoms with E-state index in [9.17, 15) is 17.6 Å². The molecule has 2 fully saturated rings. The lowest BCUT2D eigenvalue weighted by atomic mass is 9.88. The van der Waals surface area contributed by atoms with Crippen molar-refractivity contribution in [3.63, 3.8) is 0 Å². The second kappa shape index (κ2) is 11.4. The molecule has 0 unspecified atom stereocenters. The standard InChI is InChI=1S/C28H31F4N5O2/c1-3-23(19-5-4-6-22(24(19)29)28(30,31)32)35-25-21-15-20(27(38-2)36-26(21)34-16-33-25)17-7-11-37(12-8-17)18-9-13-39-14-10-18/h3-6,15-18,23H,1,7-14H2,2H3,(H,33,34,35,36)/t23-/m1/s1. The number of aromatic nitrogens is 3. The highest BCUT2D eigenvalue weighted by atomic mass is 19.4. The molecule has 7 nitrogen and oxygen atoms in total. The molecule has 5 rings (SSSR count). The Balaban J connectivity index is 1.43. The number of hydrogen-bond acceptors (Lipinski definition) is 7. The maximum absolute atomic E-state index is 14.9. The van der Waals surface area contributed by atoms with E-state index >= 15 is 0 Å². The van der Waals surface area contributed by atoms with Gasteiger partial charge in [0, 0.05) is 30.4 Å². The Hall–Kier alpha value is -3.31. The molecule has 0 radical (unpaired) electrons. The van der Waals surface area contributed by atoms with Crippen LogP contribution in [0.2, 0.25) is 0 Å². The fourth-order valence-electron chi connectivity index (χ4n) is 5.60. The Bertz CT molecular complexity index is 1320. The molecular weight excluding hydrogens is 514 g/mol. The first kappa shape index (κ1) is 27.3. The van der Waals surface area contributed by atoms with E-state index in [-0.39, 0.29) is 11.5 Å². The number of pyridine rings is 1. The maximum Gasteiger partial charge on any atom is 0.419 e. The predicted octanol–water partition coefficient (Wildman–Crippen LogP) is 5.89. The van der Waals surface area contributed by atoms with Gasteiger partial charge in [-0.3, -0.25) is 0 Å². The van der Waals surface area contributed by atoms with Gasteiger partial charge in [-0.05, 0) is 56.8 Å². The summed E-state index contributed by atoms with van der Waals surface area (Å²) >= 11 is 0. The molecule has 2 aliphatic heterocycles. The number of nitrogens with one attached hydrogen (secondary N) is 1. The second-order valence-electron chi connectivity index (χ2n) is 9.90. The summed E-state index contributed by atoms with van der Waals surface area (Å²) in [4.78, 5) is 15.7. The summed E-state index contributed by atoms with van der Waals surface area (Å²) < 4.78 is 66.0. The average Bonchev–Trinajstić information content (AvgIpc) is 2.95. The highest BCUT2D eigenvalue weighted by molar-refractivity contribution is 5.87. The number of rotatable bonds is 7. The molecule has 0 aliphatic carbocycles.